The van der Waals surface area contributed by atoms with E-state index in [1.165, 1.54) is 18.6 Å². The van der Waals surface area contributed by atoms with E-state index in [2.05, 4.69) is 27.7 Å². The average Bonchev–Trinajstić information content (AvgIpc) is 2.64. The Morgan fingerprint density at radius 3 is 1.78 bits per heavy atom. The van der Waals surface area contributed by atoms with Gasteiger partial charge in [-0.05, 0) is 30.5 Å². The summed E-state index contributed by atoms with van der Waals surface area (Å²) in [7, 11) is 4.87. The summed E-state index contributed by atoms with van der Waals surface area (Å²) in [6, 6.07) is 7.42. The predicted octanol–water partition coefficient (Wildman–Crippen LogP) is 6.53. The molecule has 2 aromatic carbocycles. The van der Waals surface area contributed by atoms with Crippen LogP contribution < -0.4 is 14.2 Å². The number of benzene rings is 2. The van der Waals surface area contributed by atoms with Gasteiger partial charge in [-0.1, -0.05) is 46.2 Å². The van der Waals surface area contributed by atoms with Gasteiger partial charge >= 0.3 is 0 Å². The monoisotopic (exact) mass is 382 g/mol. The molecule has 5 heteroatoms. The summed E-state index contributed by atoms with van der Waals surface area (Å²) in [6.45, 7) is 10.1. The second kappa shape index (κ2) is 13.0. The van der Waals surface area contributed by atoms with E-state index < -0.39 is 11.6 Å². The zero-order valence-corrected chi connectivity index (χ0v) is 17.7. The third-order valence-corrected chi connectivity index (χ3v) is 3.49. The standard InChI is InChI=1S/C12H18O3.C7H6F2.C3H8/c1-8(2)9-6-7-10(13-3)12(15-5)11(9)14-4;1-5-2-3-6(8)4-7(5)9;1-3-2/h6-8H,1-5H3;2-4H,1H3;3H2,1-2H3. The lowest BCUT2D eigenvalue weighted by atomic mass is 10.0. The summed E-state index contributed by atoms with van der Waals surface area (Å²) in [4.78, 5) is 0. The lowest BCUT2D eigenvalue weighted by Crippen LogP contribution is -1.99. The smallest absolute Gasteiger partial charge is 0.203 e. The highest BCUT2D eigenvalue weighted by atomic mass is 19.1. The number of aryl methyl sites for hydroxylation is 1. The molecule has 0 N–H and O–H groups in total. The molecule has 0 heterocycles. The Labute approximate surface area is 162 Å². The first kappa shape index (κ1) is 24.7. The molecule has 0 aliphatic heterocycles. The fraction of sp³-hybridized carbons (Fsp3) is 0.455. The molecule has 3 nitrogen and oxygen atoms in total. The molecule has 0 saturated carbocycles. The average molecular weight is 382 g/mol. The molecule has 0 amide bonds. The molecule has 27 heavy (non-hydrogen) atoms. The van der Waals surface area contributed by atoms with Crippen LogP contribution in [0.1, 0.15) is 51.2 Å². The Bertz CT molecular complexity index is 685. The lowest BCUT2D eigenvalue weighted by molar-refractivity contribution is 0.321. The Morgan fingerprint density at radius 1 is 0.852 bits per heavy atom. The van der Waals surface area contributed by atoms with E-state index in [1.807, 2.05) is 12.1 Å². The van der Waals surface area contributed by atoms with Gasteiger partial charge in [-0.3, -0.25) is 0 Å². The highest BCUT2D eigenvalue weighted by molar-refractivity contribution is 5.56. The molecule has 0 unspecified atom stereocenters. The van der Waals surface area contributed by atoms with Crippen molar-refractivity contribution in [2.75, 3.05) is 21.3 Å². The van der Waals surface area contributed by atoms with Gasteiger partial charge in [0.15, 0.2) is 11.5 Å². The Hall–Kier alpha value is -2.30. The fourth-order valence-corrected chi connectivity index (χ4v) is 2.15. The van der Waals surface area contributed by atoms with Gasteiger partial charge in [0.25, 0.3) is 0 Å². The van der Waals surface area contributed by atoms with Crippen molar-refractivity contribution in [2.24, 2.45) is 0 Å². The molecule has 0 aromatic heterocycles. The molecule has 0 spiro atoms. The van der Waals surface area contributed by atoms with Crippen LogP contribution in [0.5, 0.6) is 17.2 Å². The first-order chi connectivity index (χ1) is 12.8. The van der Waals surface area contributed by atoms with Gasteiger partial charge in [0, 0.05) is 11.6 Å². The van der Waals surface area contributed by atoms with E-state index in [0.717, 1.165) is 17.4 Å². The van der Waals surface area contributed by atoms with Gasteiger partial charge in [0.2, 0.25) is 5.75 Å². The van der Waals surface area contributed by atoms with Crippen molar-refractivity contribution in [3.8, 4) is 17.2 Å². The second-order valence-corrected chi connectivity index (χ2v) is 6.18. The van der Waals surface area contributed by atoms with E-state index in [9.17, 15) is 8.78 Å². The molecule has 2 rings (SSSR count). The molecular formula is C22H32F2O3. The third kappa shape index (κ3) is 7.85. The summed E-state index contributed by atoms with van der Waals surface area (Å²) >= 11 is 0. The number of rotatable bonds is 4. The number of hydrogen-bond acceptors (Lipinski definition) is 3. The summed E-state index contributed by atoms with van der Waals surface area (Å²) in [5, 5.41) is 0. The molecule has 0 radical (unpaired) electrons. The van der Waals surface area contributed by atoms with Crippen LogP contribution >= 0.6 is 0 Å². The molecule has 0 aliphatic carbocycles. The van der Waals surface area contributed by atoms with Crippen LogP contribution in [0.4, 0.5) is 8.78 Å². The number of hydrogen-bond donors (Lipinski definition) is 0. The summed E-state index contributed by atoms with van der Waals surface area (Å²) in [6.07, 6.45) is 1.25. The van der Waals surface area contributed by atoms with Crippen LogP contribution in [0.25, 0.3) is 0 Å². The highest BCUT2D eigenvalue weighted by Gasteiger charge is 2.17. The first-order valence-corrected chi connectivity index (χ1v) is 8.97. The summed E-state index contributed by atoms with van der Waals surface area (Å²) in [5.74, 6) is 1.48. The van der Waals surface area contributed by atoms with Crippen LogP contribution in [0.15, 0.2) is 30.3 Å². The van der Waals surface area contributed by atoms with Gasteiger partial charge in [-0.2, -0.15) is 0 Å². The fourth-order valence-electron chi connectivity index (χ4n) is 2.15. The molecule has 0 bridgehead atoms. The van der Waals surface area contributed by atoms with Crippen LogP contribution in [0, 0.1) is 18.6 Å². The van der Waals surface area contributed by atoms with Crippen LogP contribution in [0.3, 0.4) is 0 Å². The number of halogens is 2. The SMILES string of the molecule is CCC.COc1ccc(C(C)C)c(OC)c1OC.Cc1ccc(F)cc1F. The molecule has 0 fully saturated rings. The summed E-state index contributed by atoms with van der Waals surface area (Å²) < 4.78 is 40.3. The quantitative estimate of drug-likeness (QED) is 0.602. The van der Waals surface area contributed by atoms with Crippen molar-refractivity contribution in [1.29, 1.82) is 0 Å². The van der Waals surface area contributed by atoms with Crippen molar-refractivity contribution in [1.82, 2.24) is 0 Å². The van der Waals surface area contributed by atoms with Crippen LogP contribution in [0.2, 0.25) is 0 Å². The molecule has 0 atom stereocenters. The lowest BCUT2D eigenvalue weighted by Gasteiger charge is -2.17. The van der Waals surface area contributed by atoms with Gasteiger partial charge in [0.1, 0.15) is 11.6 Å². The number of ether oxygens (including phenoxy) is 3. The normalized spacial score (nSPS) is 9.59. The van der Waals surface area contributed by atoms with E-state index in [0.29, 0.717) is 23.0 Å². The molecule has 0 saturated heterocycles. The minimum Gasteiger partial charge on any atom is -0.493 e. The van der Waals surface area contributed by atoms with Gasteiger partial charge in [0.05, 0.1) is 21.3 Å². The van der Waals surface area contributed by atoms with E-state index in [4.69, 9.17) is 14.2 Å². The Morgan fingerprint density at radius 2 is 1.41 bits per heavy atom. The Balaban J connectivity index is 0.000000477. The zero-order chi connectivity index (χ0) is 21.0. The largest absolute Gasteiger partial charge is 0.493 e. The molecule has 152 valence electrons. The van der Waals surface area contributed by atoms with Gasteiger partial charge < -0.3 is 14.2 Å². The molecular weight excluding hydrogens is 350 g/mol. The van der Waals surface area contributed by atoms with Gasteiger partial charge in [-0.15, -0.1) is 0 Å². The van der Waals surface area contributed by atoms with Crippen molar-refractivity contribution < 1.29 is 23.0 Å². The van der Waals surface area contributed by atoms with E-state index >= 15 is 0 Å². The first-order valence-electron chi connectivity index (χ1n) is 8.97. The maximum atomic E-state index is 12.3. The van der Waals surface area contributed by atoms with Crippen molar-refractivity contribution in [3.63, 3.8) is 0 Å². The minimum atomic E-state index is -0.530. The van der Waals surface area contributed by atoms with Crippen LogP contribution in [-0.4, -0.2) is 21.3 Å². The van der Waals surface area contributed by atoms with Crippen molar-refractivity contribution in [2.45, 2.75) is 47.0 Å². The second-order valence-electron chi connectivity index (χ2n) is 6.18. The van der Waals surface area contributed by atoms with E-state index in [-0.39, 0.29) is 0 Å². The third-order valence-electron chi connectivity index (χ3n) is 3.49. The number of methoxy groups -OCH3 is 3. The highest BCUT2D eigenvalue weighted by Crippen LogP contribution is 2.42. The zero-order valence-electron chi connectivity index (χ0n) is 17.7. The van der Waals surface area contributed by atoms with Crippen LogP contribution in [-0.2, 0) is 0 Å². The van der Waals surface area contributed by atoms with Crippen molar-refractivity contribution in [3.05, 3.63) is 53.1 Å². The Kier molecular flexibility index (Phi) is 11.9. The van der Waals surface area contributed by atoms with E-state index in [1.54, 1.807) is 28.3 Å². The maximum absolute atomic E-state index is 12.3. The summed E-state index contributed by atoms with van der Waals surface area (Å²) in [5.41, 5.74) is 1.59. The topological polar surface area (TPSA) is 27.7 Å². The molecule has 0 aliphatic rings. The maximum Gasteiger partial charge on any atom is 0.203 e. The molecule has 2 aromatic rings. The predicted molar refractivity (Wildman–Crippen MR) is 107 cm³/mol. The van der Waals surface area contributed by atoms with Crippen molar-refractivity contribution >= 4 is 0 Å². The van der Waals surface area contributed by atoms with Gasteiger partial charge in [-0.25, -0.2) is 8.78 Å². The minimum absolute atomic E-state index is 0.389.